The van der Waals surface area contributed by atoms with Crippen molar-refractivity contribution in [3.63, 3.8) is 0 Å². The van der Waals surface area contributed by atoms with Gasteiger partial charge in [0.25, 0.3) is 0 Å². The van der Waals surface area contributed by atoms with E-state index in [0.29, 0.717) is 5.56 Å². The quantitative estimate of drug-likeness (QED) is 0.887. The molecule has 0 aromatic heterocycles. The Morgan fingerprint density at radius 1 is 1.26 bits per heavy atom. The van der Waals surface area contributed by atoms with Gasteiger partial charge in [0, 0.05) is 13.1 Å². The molecule has 1 fully saturated rings. The van der Waals surface area contributed by atoms with E-state index in [4.69, 9.17) is 10.00 Å². The van der Waals surface area contributed by atoms with E-state index in [-0.39, 0.29) is 17.6 Å². The van der Waals surface area contributed by atoms with Crippen LogP contribution in [0.3, 0.4) is 0 Å². The first kappa shape index (κ1) is 14.0. The third kappa shape index (κ3) is 4.05. The molecule has 1 aliphatic heterocycles. The molecule has 19 heavy (non-hydrogen) atoms. The minimum atomic E-state index is 0.0915. The van der Waals surface area contributed by atoms with Crippen LogP contribution >= 0.6 is 0 Å². The molecule has 102 valence electrons. The van der Waals surface area contributed by atoms with Crippen LogP contribution in [0.4, 0.5) is 0 Å². The van der Waals surface area contributed by atoms with Gasteiger partial charge in [-0.1, -0.05) is 32.9 Å². The molecule has 2 unspecified atom stereocenters. The van der Waals surface area contributed by atoms with Gasteiger partial charge in [0.15, 0.2) is 0 Å². The minimum absolute atomic E-state index is 0.0915. The molecule has 0 spiro atoms. The van der Waals surface area contributed by atoms with Crippen LogP contribution in [-0.4, -0.2) is 19.2 Å². The Bertz CT molecular complexity index is 453. The molecule has 0 bridgehead atoms. The first-order valence-corrected chi connectivity index (χ1v) is 6.84. The lowest BCUT2D eigenvalue weighted by atomic mass is 9.88. The second-order valence-electron chi connectivity index (χ2n) is 6.40. The largest absolute Gasteiger partial charge is 0.368 e. The standard InChI is InChI=1S/C16H22N2O/c1-16(2,3)8-14-10-18-11-15(19-14)13-6-4-12(9-17)5-7-13/h4-7,14-15,18H,8,10-11H2,1-3H3. The maximum absolute atomic E-state index is 8.81. The van der Waals surface area contributed by atoms with Gasteiger partial charge in [-0.15, -0.1) is 0 Å². The smallest absolute Gasteiger partial charge is 0.0991 e. The normalized spacial score (nSPS) is 23.9. The molecule has 0 saturated carbocycles. The van der Waals surface area contributed by atoms with Crippen molar-refractivity contribution in [1.82, 2.24) is 5.32 Å². The van der Waals surface area contributed by atoms with Crippen LogP contribution < -0.4 is 5.32 Å². The number of ether oxygens (including phenoxy) is 1. The molecule has 3 heteroatoms. The van der Waals surface area contributed by atoms with Crippen LogP contribution in [0.15, 0.2) is 24.3 Å². The molecule has 0 amide bonds. The van der Waals surface area contributed by atoms with Crippen LogP contribution in [0.25, 0.3) is 0 Å². The van der Waals surface area contributed by atoms with Crippen molar-refractivity contribution in [2.75, 3.05) is 13.1 Å². The second kappa shape index (κ2) is 5.73. The second-order valence-corrected chi connectivity index (χ2v) is 6.40. The predicted molar refractivity (Wildman–Crippen MR) is 75.7 cm³/mol. The summed E-state index contributed by atoms with van der Waals surface area (Å²) in [5, 5.41) is 12.3. The van der Waals surface area contributed by atoms with Gasteiger partial charge in [0.1, 0.15) is 0 Å². The molecule has 1 aromatic carbocycles. The summed E-state index contributed by atoms with van der Waals surface area (Å²) in [4.78, 5) is 0. The number of hydrogen-bond donors (Lipinski definition) is 1. The van der Waals surface area contributed by atoms with Gasteiger partial charge < -0.3 is 10.1 Å². The maximum atomic E-state index is 8.81. The maximum Gasteiger partial charge on any atom is 0.0991 e. The lowest BCUT2D eigenvalue weighted by Crippen LogP contribution is -2.42. The van der Waals surface area contributed by atoms with Crippen molar-refractivity contribution in [1.29, 1.82) is 5.26 Å². The van der Waals surface area contributed by atoms with Crippen molar-refractivity contribution in [2.24, 2.45) is 5.41 Å². The summed E-state index contributed by atoms with van der Waals surface area (Å²) < 4.78 is 6.18. The van der Waals surface area contributed by atoms with E-state index in [1.165, 1.54) is 0 Å². The number of nitriles is 1. The van der Waals surface area contributed by atoms with E-state index in [1.54, 1.807) is 0 Å². The third-order valence-corrected chi connectivity index (χ3v) is 3.31. The highest BCUT2D eigenvalue weighted by Gasteiger charge is 2.26. The van der Waals surface area contributed by atoms with Crippen LogP contribution in [0.5, 0.6) is 0 Å². The van der Waals surface area contributed by atoms with Gasteiger partial charge in [0.2, 0.25) is 0 Å². The number of nitrogens with one attached hydrogen (secondary N) is 1. The monoisotopic (exact) mass is 258 g/mol. The summed E-state index contributed by atoms with van der Waals surface area (Å²) in [6.45, 7) is 8.47. The van der Waals surface area contributed by atoms with Gasteiger partial charge in [-0.05, 0) is 29.5 Å². The van der Waals surface area contributed by atoms with E-state index in [2.05, 4.69) is 32.2 Å². The van der Waals surface area contributed by atoms with Crippen LogP contribution in [-0.2, 0) is 4.74 Å². The summed E-state index contributed by atoms with van der Waals surface area (Å²) in [5.41, 5.74) is 2.11. The van der Waals surface area contributed by atoms with Gasteiger partial charge in [0.05, 0.1) is 23.8 Å². The molecule has 3 nitrogen and oxygen atoms in total. The van der Waals surface area contributed by atoms with Crippen molar-refractivity contribution < 1.29 is 4.74 Å². The summed E-state index contributed by atoms with van der Waals surface area (Å²) in [7, 11) is 0. The fraction of sp³-hybridized carbons (Fsp3) is 0.562. The van der Waals surface area contributed by atoms with E-state index in [9.17, 15) is 0 Å². The molecule has 0 aliphatic carbocycles. The summed E-state index contributed by atoms with van der Waals surface area (Å²) in [6.07, 6.45) is 1.40. The Balaban J connectivity index is 2.02. The van der Waals surface area contributed by atoms with Gasteiger partial charge in [-0.2, -0.15) is 5.26 Å². The Hall–Kier alpha value is -1.37. The van der Waals surface area contributed by atoms with Crippen LogP contribution in [0, 0.1) is 16.7 Å². The zero-order valence-corrected chi connectivity index (χ0v) is 11.9. The predicted octanol–water partition coefficient (Wildman–Crippen LogP) is 3.02. The molecular weight excluding hydrogens is 236 g/mol. The Kier molecular flexibility index (Phi) is 4.24. The number of nitrogens with zero attached hydrogens (tertiary/aromatic N) is 1. The Morgan fingerprint density at radius 2 is 1.95 bits per heavy atom. The van der Waals surface area contributed by atoms with Crippen molar-refractivity contribution in [2.45, 2.75) is 39.4 Å². The number of benzene rings is 1. The Morgan fingerprint density at radius 3 is 2.53 bits per heavy atom. The molecule has 2 atom stereocenters. The zero-order valence-electron chi connectivity index (χ0n) is 11.9. The Labute approximate surface area is 115 Å². The molecule has 1 saturated heterocycles. The molecule has 1 N–H and O–H groups in total. The number of morpholine rings is 1. The van der Waals surface area contributed by atoms with E-state index >= 15 is 0 Å². The lowest BCUT2D eigenvalue weighted by molar-refractivity contribution is -0.0552. The van der Waals surface area contributed by atoms with Crippen molar-refractivity contribution in [3.05, 3.63) is 35.4 Å². The van der Waals surface area contributed by atoms with Crippen molar-refractivity contribution >= 4 is 0 Å². The highest BCUT2D eigenvalue weighted by molar-refractivity contribution is 5.32. The zero-order chi connectivity index (χ0) is 13.9. The molecule has 1 aromatic rings. The van der Waals surface area contributed by atoms with E-state index < -0.39 is 0 Å². The van der Waals surface area contributed by atoms with Gasteiger partial charge in [-0.3, -0.25) is 0 Å². The molecular formula is C16H22N2O. The summed E-state index contributed by atoms with van der Waals surface area (Å²) >= 11 is 0. The van der Waals surface area contributed by atoms with E-state index in [1.807, 2.05) is 24.3 Å². The SMILES string of the molecule is CC(C)(C)CC1CNCC(c2ccc(C#N)cc2)O1. The fourth-order valence-electron chi connectivity index (χ4n) is 2.48. The summed E-state index contributed by atoms with van der Waals surface area (Å²) in [6, 6.07) is 9.83. The first-order valence-electron chi connectivity index (χ1n) is 6.84. The average Bonchev–Trinajstić information content (AvgIpc) is 2.37. The first-order chi connectivity index (χ1) is 8.98. The topological polar surface area (TPSA) is 45.0 Å². The molecule has 2 rings (SSSR count). The van der Waals surface area contributed by atoms with E-state index in [0.717, 1.165) is 25.1 Å². The number of hydrogen-bond acceptors (Lipinski definition) is 3. The average molecular weight is 258 g/mol. The van der Waals surface area contributed by atoms with Gasteiger partial charge >= 0.3 is 0 Å². The number of rotatable bonds is 2. The molecule has 1 heterocycles. The minimum Gasteiger partial charge on any atom is -0.368 e. The molecule has 0 radical (unpaired) electrons. The molecule has 1 aliphatic rings. The van der Waals surface area contributed by atoms with Gasteiger partial charge in [-0.25, -0.2) is 0 Å². The van der Waals surface area contributed by atoms with Crippen LogP contribution in [0.1, 0.15) is 44.4 Å². The summed E-state index contributed by atoms with van der Waals surface area (Å²) in [5.74, 6) is 0. The van der Waals surface area contributed by atoms with Crippen LogP contribution in [0.2, 0.25) is 0 Å². The third-order valence-electron chi connectivity index (χ3n) is 3.31. The van der Waals surface area contributed by atoms with Crippen molar-refractivity contribution in [3.8, 4) is 6.07 Å². The lowest BCUT2D eigenvalue weighted by Gasteiger charge is -2.34. The fourth-order valence-corrected chi connectivity index (χ4v) is 2.48. The highest BCUT2D eigenvalue weighted by atomic mass is 16.5. The highest BCUT2D eigenvalue weighted by Crippen LogP contribution is 2.28.